The van der Waals surface area contributed by atoms with Gasteiger partial charge < -0.3 is 0 Å². The maximum atomic E-state index is 14.4. The van der Waals surface area contributed by atoms with Gasteiger partial charge in [0.05, 0.1) is 22.5 Å². The van der Waals surface area contributed by atoms with Gasteiger partial charge in [0, 0.05) is 18.8 Å². The number of hydrazine groups is 1. The third kappa shape index (κ3) is 5.09. The molecule has 0 unspecified atom stereocenters. The van der Waals surface area contributed by atoms with Gasteiger partial charge in [0.1, 0.15) is 0 Å². The SMILES string of the molecule is Cn1cc(-c2cc(Cl)c(F)c(C(=O)NNS(=O)(=O)CC3CCCCC3)c2)cn1. The van der Waals surface area contributed by atoms with Gasteiger partial charge in [-0.25, -0.2) is 12.8 Å². The molecule has 2 aromatic rings. The molecule has 1 aromatic carbocycles. The summed E-state index contributed by atoms with van der Waals surface area (Å²) in [5.41, 5.74) is 2.87. The van der Waals surface area contributed by atoms with E-state index in [0.717, 1.165) is 32.1 Å². The third-order valence-electron chi connectivity index (χ3n) is 4.81. The van der Waals surface area contributed by atoms with E-state index in [-0.39, 0.29) is 22.3 Å². The van der Waals surface area contributed by atoms with Crippen LogP contribution < -0.4 is 10.3 Å². The predicted molar refractivity (Wildman–Crippen MR) is 105 cm³/mol. The molecule has 1 heterocycles. The molecular weight excluding hydrogens is 407 g/mol. The number of sulfonamides is 1. The molecule has 1 amide bonds. The van der Waals surface area contributed by atoms with E-state index in [4.69, 9.17) is 11.6 Å². The van der Waals surface area contributed by atoms with E-state index < -0.39 is 21.7 Å². The first-order valence-electron chi connectivity index (χ1n) is 9.03. The van der Waals surface area contributed by atoms with Gasteiger partial charge in [-0.15, -0.1) is 4.83 Å². The maximum absolute atomic E-state index is 14.4. The Bertz CT molecular complexity index is 971. The Balaban J connectivity index is 1.72. The van der Waals surface area contributed by atoms with Crippen LogP contribution in [0.2, 0.25) is 5.02 Å². The Hall–Kier alpha value is -1.97. The van der Waals surface area contributed by atoms with Crippen molar-refractivity contribution in [1.29, 1.82) is 0 Å². The summed E-state index contributed by atoms with van der Waals surface area (Å²) in [6.07, 6.45) is 8.09. The molecule has 1 aromatic heterocycles. The molecule has 3 rings (SSSR count). The monoisotopic (exact) mass is 428 g/mol. The zero-order valence-corrected chi connectivity index (χ0v) is 17.0. The number of carbonyl (C=O) groups is 1. The molecule has 152 valence electrons. The number of benzene rings is 1. The highest BCUT2D eigenvalue weighted by Crippen LogP contribution is 2.28. The molecule has 0 aliphatic heterocycles. The summed E-state index contributed by atoms with van der Waals surface area (Å²) in [6, 6.07) is 2.70. The van der Waals surface area contributed by atoms with Crippen molar-refractivity contribution < 1.29 is 17.6 Å². The Kier molecular flexibility index (Phi) is 6.36. The summed E-state index contributed by atoms with van der Waals surface area (Å²) in [4.78, 5) is 14.4. The summed E-state index contributed by atoms with van der Waals surface area (Å²) < 4.78 is 40.4. The standard InChI is InChI=1S/C18H22ClFN4O3S/c1-24-10-14(9-21-24)13-7-15(17(20)16(19)8-13)18(25)22-23-28(26,27)11-12-5-3-2-4-6-12/h7-10,12,23H,2-6,11H2,1H3,(H,22,25). The van der Waals surface area contributed by atoms with Crippen molar-refractivity contribution in [3.63, 3.8) is 0 Å². The molecule has 1 aliphatic carbocycles. The van der Waals surface area contributed by atoms with Crippen molar-refractivity contribution in [2.75, 3.05) is 5.75 Å². The van der Waals surface area contributed by atoms with Crippen molar-refractivity contribution in [3.05, 3.63) is 40.9 Å². The number of hydrogen-bond acceptors (Lipinski definition) is 4. The van der Waals surface area contributed by atoms with Crippen LogP contribution in [0.1, 0.15) is 42.5 Å². The van der Waals surface area contributed by atoms with Crippen LogP contribution in [-0.4, -0.2) is 29.9 Å². The fraction of sp³-hybridized carbons (Fsp3) is 0.444. The number of nitrogens with zero attached hydrogens (tertiary/aromatic N) is 2. The largest absolute Gasteiger partial charge is 0.275 e. The molecule has 0 atom stereocenters. The normalized spacial score (nSPS) is 15.5. The smallest absolute Gasteiger partial charge is 0.269 e. The van der Waals surface area contributed by atoms with Crippen LogP contribution in [0.15, 0.2) is 24.5 Å². The van der Waals surface area contributed by atoms with E-state index in [0.29, 0.717) is 11.1 Å². The van der Waals surface area contributed by atoms with Crippen LogP contribution in [0.3, 0.4) is 0 Å². The van der Waals surface area contributed by atoms with Gasteiger partial charge in [-0.3, -0.25) is 14.9 Å². The second-order valence-corrected chi connectivity index (χ2v) is 9.24. The predicted octanol–water partition coefficient (Wildman–Crippen LogP) is 3.02. The number of hydrogen-bond donors (Lipinski definition) is 2. The minimum atomic E-state index is -3.72. The second-order valence-electron chi connectivity index (χ2n) is 7.06. The molecule has 1 aliphatic rings. The molecule has 2 N–H and O–H groups in total. The minimum Gasteiger partial charge on any atom is -0.275 e. The van der Waals surface area contributed by atoms with Gasteiger partial charge >= 0.3 is 0 Å². The quantitative estimate of drug-likeness (QED) is 0.691. The van der Waals surface area contributed by atoms with Gasteiger partial charge in [0.2, 0.25) is 10.0 Å². The Morgan fingerprint density at radius 2 is 2.00 bits per heavy atom. The molecule has 0 saturated heterocycles. The zero-order valence-electron chi connectivity index (χ0n) is 15.4. The summed E-state index contributed by atoms with van der Waals surface area (Å²) >= 11 is 5.92. The van der Waals surface area contributed by atoms with Crippen LogP contribution in [0.5, 0.6) is 0 Å². The fourth-order valence-electron chi connectivity index (χ4n) is 3.39. The molecule has 10 heteroatoms. The molecule has 28 heavy (non-hydrogen) atoms. The maximum Gasteiger partial charge on any atom is 0.269 e. The fourth-order valence-corrected chi connectivity index (χ4v) is 4.89. The highest BCUT2D eigenvalue weighted by atomic mass is 35.5. The van der Waals surface area contributed by atoms with Crippen LogP contribution in [0.4, 0.5) is 4.39 Å². The van der Waals surface area contributed by atoms with Gasteiger partial charge in [-0.1, -0.05) is 30.9 Å². The second kappa shape index (κ2) is 8.59. The first-order valence-corrected chi connectivity index (χ1v) is 11.1. The van der Waals surface area contributed by atoms with Crippen molar-refractivity contribution in [2.45, 2.75) is 32.1 Å². The molecule has 1 saturated carbocycles. The molecule has 0 bridgehead atoms. The number of aryl methyl sites for hydroxylation is 1. The topological polar surface area (TPSA) is 93.1 Å². The molecule has 7 nitrogen and oxygen atoms in total. The number of nitrogens with one attached hydrogen (secondary N) is 2. The first-order chi connectivity index (χ1) is 13.2. The number of halogens is 2. The lowest BCUT2D eigenvalue weighted by molar-refractivity contribution is 0.0941. The minimum absolute atomic E-state index is 0.0633. The average molecular weight is 429 g/mol. The third-order valence-corrected chi connectivity index (χ3v) is 6.41. The highest BCUT2D eigenvalue weighted by Gasteiger charge is 2.23. The Morgan fingerprint density at radius 3 is 2.64 bits per heavy atom. The average Bonchev–Trinajstić information content (AvgIpc) is 3.09. The molecule has 0 radical (unpaired) electrons. The number of carbonyl (C=O) groups excluding carboxylic acids is 1. The summed E-state index contributed by atoms with van der Waals surface area (Å²) in [7, 11) is -1.99. The van der Waals surface area contributed by atoms with Crippen LogP contribution >= 0.6 is 11.6 Å². The lowest BCUT2D eigenvalue weighted by Crippen LogP contribution is -2.44. The van der Waals surface area contributed by atoms with Gasteiger partial charge in [0.25, 0.3) is 5.91 Å². The molecular formula is C18H22ClFN4O3S. The highest BCUT2D eigenvalue weighted by molar-refractivity contribution is 7.89. The number of rotatable bonds is 6. The van der Waals surface area contributed by atoms with E-state index in [1.54, 1.807) is 24.1 Å². The van der Waals surface area contributed by atoms with Gasteiger partial charge in [-0.2, -0.15) is 5.10 Å². The van der Waals surface area contributed by atoms with Crippen LogP contribution in [0, 0.1) is 11.7 Å². The molecule has 0 spiro atoms. The lowest BCUT2D eigenvalue weighted by atomic mass is 9.91. The summed E-state index contributed by atoms with van der Waals surface area (Å²) in [5.74, 6) is -1.83. The number of aromatic nitrogens is 2. The van der Waals surface area contributed by atoms with Crippen LogP contribution in [0.25, 0.3) is 11.1 Å². The van der Waals surface area contributed by atoms with Crippen molar-refractivity contribution in [2.24, 2.45) is 13.0 Å². The van der Waals surface area contributed by atoms with Crippen molar-refractivity contribution in [3.8, 4) is 11.1 Å². The molecule has 1 fully saturated rings. The van der Waals surface area contributed by atoms with E-state index in [1.165, 1.54) is 12.1 Å². The van der Waals surface area contributed by atoms with E-state index in [9.17, 15) is 17.6 Å². The Labute approximate surface area is 168 Å². The Morgan fingerprint density at radius 1 is 1.29 bits per heavy atom. The van der Waals surface area contributed by atoms with Gasteiger partial charge in [0.15, 0.2) is 5.82 Å². The summed E-state index contributed by atoms with van der Waals surface area (Å²) in [6.45, 7) is 0. The van der Waals surface area contributed by atoms with Crippen molar-refractivity contribution >= 4 is 27.5 Å². The van der Waals surface area contributed by atoms with Gasteiger partial charge in [-0.05, 0) is 36.5 Å². The van der Waals surface area contributed by atoms with E-state index in [1.807, 2.05) is 0 Å². The van der Waals surface area contributed by atoms with E-state index >= 15 is 0 Å². The van der Waals surface area contributed by atoms with E-state index in [2.05, 4.69) is 15.4 Å². The lowest BCUT2D eigenvalue weighted by Gasteiger charge is -2.21. The first kappa shape index (κ1) is 20.8. The zero-order chi connectivity index (χ0) is 20.3. The number of amides is 1. The van der Waals surface area contributed by atoms with Crippen LogP contribution in [-0.2, 0) is 17.1 Å². The summed E-state index contributed by atoms with van der Waals surface area (Å²) in [5, 5.41) is 3.79. The van der Waals surface area contributed by atoms with Crippen molar-refractivity contribution in [1.82, 2.24) is 20.0 Å².